The monoisotopic (exact) mass is 436 g/mol. The van der Waals surface area contributed by atoms with Gasteiger partial charge in [0.2, 0.25) is 10.0 Å². The molecule has 1 aromatic carbocycles. The smallest absolute Gasteiger partial charge is 0.240 e. The molecule has 0 bridgehead atoms. The first-order chi connectivity index (χ1) is 9.90. The number of nitrogens with one attached hydrogen (secondary N) is 2. The third kappa shape index (κ3) is 4.43. The van der Waals surface area contributed by atoms with Crippen molar-refractivity contribution in [3.05, 3.63) is 27.3 Å². The Hall–Kier alpha value is -0.180. The minimum atomic E-state index is -3.48. The lowest BCUT2D eigenvalue weighted by Crippen LogP contribution is -2.62. The van der Waals surface area contributed by atoms with E-state index in [1.807, 2.05) is 13.0 Å². The van der Waals surface area contributed by atoms with E-state index < -0.39 is 10.0 Å². The zero-order valence-corrected chi connectivity index (χ0v) is 16.8. The van der Waals surface area contributed by atoms with Crippen LogP contribution in [0.3, 0.4) is 0 Å². The number of hydrogen-bond donors (Lipinski definition) is 2. The number of benzene rings is 1. The van der Waals surface area contributed by atoms with Crippen LogP contribution in [-0.4, -0.2) is 25.5 Å². The van der Waals surface area contributed by atoms with Crippen molar-refractivity contribution in [3.63, 3.8) is 0 Å². The van der Waals surface area contributed by atoms with E-state index in [4.69, 9.17) is 0 Å². The van der Waals surface area contributed by atoms with Crippen molar-refractivity contribution >= 4 is 32.6 Å². The topological polar surface area (TPSA) is 58.2 Å². The molecule has 2 rings (SSSR count). The molecule has 1 fully saturated rings. The van der Waals surface area contributed by atoms with E-state index in [2.05, 4.69) is 60.3 Å². The van der Waals surface area contributed by atoms with Gasteiger partial charge in [0, 0.05) is 20.7 Å². The second-order valence-electron chi connectivity index (χ2n) is 7.53. The molecule has 1 saturated heterocycles. The Morgan fingerprint density at radius 2 is 1.73 bits per heavy atom. The number of hydrogen-bond acceptors (Lipinski definition) is 3. The fraction of sp³-hybridized carbons (Fsp3) is 0.625. The van der Waals surface area contributed by atoms with E-state index in [1.54, 1.807) is 12.1 Å². The lowest BCUT2D eigenvalue weighted by Gasteiger charge is -2.46. The highest BCUT2D eigenvalue weighted by atomic mass is 127. The van der Waals surface area contributed by atoms with Gasteiger partial charge in [-0.25, -0.2) is 13.1 Å². The summed E-state index contributed by atoms with van der Waals surface area (Å²) in [7, 11) is -3.48. The second-order valence-corrected chi connectivity index (χ2v) is 10.4. The number of aryl methyl sites for hydroxylation is 1. The van der Waals surface area contributed by atoms with Gasteiger partial charge in [-0.3, -0.25) is 0 Å². The van der Waals surface area contributed by atoms with Crippen LogP contribution in [0, 0.1) is 10.5 Å². The Kier molecular flexibility index (Phi) is 4.98. The maximum Gasteiger partial charge on any atom is 0.240 e. The summed E-state index contributed by atoms with van der Waals surface area (Å²) in [5, 5.41) is 3.57. The summed E-state index contributed by atoms with van der Waals surface area (Å²) >= 11 is 2.21. The van der Waals surface area contributed by atoms with E-state index >= 15 is 0 Å². The summed E-state index contributed by atoms with van der Waals surface area (Å²) < 4.78 is 29.3. The van der Waals surface area contributed by atoms with Crippen LogP contribution in [-0.2, 0) is 10.0 Å². The molecular formula is C16H25IN2O2S. The van der Waals surface area contributed by atoms with Gasteiger partial charge in [0.25, 0.3) is 0 Å². The molecule has 1 aliphatic rings. The maximum absolute atomic E-state index is 12.7. The maximum atomic E-state index is 12.7. The first-order valence-corrected chi connectivity index (χ1v) is 10.0. The highest BCUT2D eigenvalue weighted by Crippen LogP contribution is 2.29. The lowest BCUT2D eigenvalue weighted by atomic mass is 9.80. The molecule has 2 N–H and O–H groups in total. The van der Waals surface area contributed by atoms with Gasteiger partial charge in [-0.15, -0.1) is 0 Å². The third-order valence-electron chi connectivity index (χ3n) is 3.95. The van der Waals surface area contributed by atoms with Crippen LogP contribution < -0.4 is 10.0 Å². The normalized spacial score (nSPS) is 21.7. The average Bonchev–Trinajstić information content (AvgIpc) is 2.27. The SMILES string of the molecule is Cc1cc(S(=O)(=O)NC2CC(C)(C)NC(C)(C)C2)ccc1I. The van der Waals surface area contributed by atoms with Crippen LogP contribution >= 0.6 is 22.6 Å². The van der Waals surface area contributed by atoms with Crippen molar-refractivity contribution in [2.45, 2.75) is 69.5 Å². The van der Waals surface area contributed by atoms with Gasteiger partial charge >= 0.3 is 0 Å². The molecule has 1 aliphatic heterocycles. The van der Waals surface area contributed by atoms with Crippen LogP contribution in [0.1, 0.15) is 46.1 Å². The first-order valence-electron chi connectivity index (χ1n) is 7.48. The van der Waals surface area contributed by atoms with Crippen molar-refractivity contribution in [3.8, 4) is 0 Å². The quantitative estimate of drug-likeness (QED) is 0.716. The number of sulfonamides is 1. The van der Waals surface area contributed by atoms with Crippen molar-refractivity contribution in [2.75, 3.05) is 0 Å². The Morgan fingerprint density at radius 1 is 1.18 bits per heavy atom. The molecule has 4 nitrogen and oxygen atoms in total. The van der Waals surface area contributed by atoms with Crippen molar-refractivity contribution < 1.29 is 8.42 Å². The van der Waals surface area contributed by atoms with Crippen molar-refractivity contribution in [1.29, 1.82) is 0 Å². The fourth-order valence-electron chi connectivity index (χ4n) is 3.48. The molecule has 0 amide bonds. The van der Waals surface area contributed by atoms with Gasteiger partial charge in [-0.2, -0.15) is 0 Å². The standard InChI is InChI=1S/C16H25IN2O2S/c1-11-8-13(6-7-14(11)17)22(20,21)18-12-9-15(2,3)19-16(4,5)10-12/h6-8,12,18-19H,9-10H2,1-5H3. The molecule has 0 unspecified atom stereocenters. The molecular weight excluding hydrogens is 411 g/mol. The predicted octanol–water partition coefficient (Wildman–Crippen LogP) is 3.19. The Morgan fingerprint density at radius 3 is 2.23 bits per heavy atom. The largest absolute Gasteiger partial charge is 0.307 e. The van der Waals surface area contributed by atoms with E-state index in [-0.39, 0.29) is 17.1 Å². The van der Waals surface area contributed by atoms with Gasteiger partial charge in [-0.05, 0) is 93.8 Å². The molecule has 1 aromatic rings. The molecule has 0 aliphatic carbocycles. The van der Waals surface area contributed by atoms with Gasteiger partial charge in [0.15, 0.2) is 0 Å². The van der Waals surface area contributed by atoms with Crippen LogP contribution in [0.4, 0.5) is 0 Å². The Balaban J connectivity index is 2.23. The van der Waals surface area contributed by atoms with Gasteiger partial charge < -0.3 is 5.32 Å². The van der Waals surface area contributed by atoms with Crippen LogP contribution in [0.15, 0.2) is 23.1 Å². The van der Waals surface area contributed by atoms with Gasteiger partial charge in [-0.1, -0.05) is 0 Å². The summed E-state index contributed by atoms with van der Waals surface area (Å²) in [4.78, 5) is 0.347. The molecule has 0 radical (unpaired) electrons. The molecule has 0 spiro atoms. The summed E-state index contributed by atoms with van der Waals surface area (Å²) in [6, 6.07) is 5.20. The number of halogens is 1. The summed E-state index contributed by atoms with van der Waals surface area (Å²) in [5.74, 6) is 0. The summed E-state index contributed by atoms with van der Waals surface area (Å²) in [5.41, 5.74) is 0.808. The summed E-state index contributed by atoms with van der Waals surface area (Å²) in [6.07, 6.45) is 1.55. The zero-order valence-electron chi connectivity index (χ0n) is 13.8. The van der Waals surface area contributed by atoms with E-state index in [0.29, 0.717) is 4.90 Å². The van der Waals surface area contributed by atoms with Crippen LogP contribution in [0.2, 0.25) is 0 Å². The third-order valence-corrected chi connectivity index (χ3v) is 6.68. The molecule has 0 atom stereocenters. The molecule has 22 heavy (non-hydrogen) atoms. The minimum absolute atomic E-state index is 0.0594. The molecule has 0 saturated carbocycles. The zero-order chi connectivity index (χ0) is 16.8. The number of piperidine rings is 1. The molecule has 1 heterocycles. The fourth-order valence-corrected chi connectivity index (χ4v) is 5.13. The van der Waals surface area contributed by atoms with Crippen molar-refractivity contribution in [1.82, 2.24) is 10.0 Å². The van der Waals surface area contributed by atoms with E-state index in [0.717, 1.165) is 22.0 Å². The first kappa shape index (κ1) is 18.2. The molecule has 0 aromatic heterocycles. The highest BCUT2D eigenvalue weighted by Gasteiger charge is 2.39. The average molecular weight is 436 g/mol. The predicted molar refractivity (Wildman–Crippen MR) is 98.5 cm³/mol. The highest BCUT2D eigenvalue weighted by molar-refractivity contribution is 14.1. The lowest BCUT2D eigenvalue weighted by molar-refractivity contribution is 0.157. The Labute approximate surface area is 147 Å². The minimum Gasteiger partial charge on any atom is -0.307 e. The van der Waals surface area contributed by atoms with Crippen molar-refractivity contribution in [2.24, 2.45) is 0 Å². The van der Waals surface area contributed by atoms with E-state index in [9.17, 15) is 8.42 Å². The van der Waals surface area contributed by atoms with Crippen LogP contribution in [0.25, 0.3) is 0 Å². The number of rotatable bonds is 3. The van der Waals surface area contributed by atoms with Gasteiger partial charge in [0.05, 0.1) is 4.90 Å². The van der Waals surface area contributed by atoms with E-state index in [1.165, 1.54) is 0 Å². The Bertz CT molecular complexity index is 653. The summed E-state index contributed by atoms with van der Waals surface area (Å²) in [6.45, 7) is 10.4. The van der Waals surface area contributed by atoms with Gasteiger partial charge in [0.1, 0.15) is 0 Å². The second kappa shape index (κ2) is 6.03. The molecule has 124 valence electrons. The molecule has 6 heteroatoms. The van der Waals surface area contributed by atoms with Crippen LogP contribution in [0.5, 0.6) is 0 Å².